The molecule has 5 heteroatoms. The zero-order chi connectivity index (χ0) is 11.5. The number of para-hydroxylation sites is 1. The number of hydrogen-bond acceptors (Lipinski definition) is 3. The van der Waals surface area contributed by atoms with E-state index >= 15 is 0 Å². The van der Waals surface area contributed by atoms with E-state index in [1.807, 2.05) is 31.2 Å². The maximum atomic E-state index is 11.8. The van der Waals surface area contributed by atoms with Crippen molar-refractivity contribution in [2.45, 2.75) is 6.92 Å². The molecule has 0 aliphatic carbocycles. The summed E-state index contributed by atoms with van der Waals surface area (Å²) in [6.07, 6.45) is 1.44. The molecule has 0 aliphatic heterocycles. The molecule has 0 saturated carbocycles. The molecular formula is C11H12N4O. The molecule has 1 aromatic carbocycles. The lowest BCUT2D eigenvalue weighted by Gasteiger charge is -2.05. The minimum absolute atomic E-state index is 0.248. The molecule has 0 aliphatic rings. The van der Waals surface area contributed by atoms with Crippen LogP contribution in [0.3, 0.4) is 0 Å². The van der Waals surface area contributed by atoms with E-state index in [2.05, 4.69) is 15.5 Å². The quantitative estimate of drug-likeness (QED) is 0.824. The molecule has 0 radical (unpaired) electrons. The van der Waals surface area contributed by atoms with Crippen molar-refractivity contribution in [3.8, 4) is 0 Å². The molecule has 16 heavy (non-hydrogen) atoms. The average Bonchev–Trinajstić information content (AvgIpc) is 2.68. The summed E-state index contributed by atoms with van der Waals surface area (Å²) in [7, 11) is 1.67. The molecule has 1 N–H and O–H groups in total. The van der Waals surface area contributed by atoms with Crippen LogP contribution in [0.5, 0.6) is 0 Å². The topological polar surface area (TPSA) is 59.8 Å². The van der Waals surface area contributed by atoms with Crippen LogP contribution in [0.4, 0.5) is 5.69 Å². The highest BCUT2D eigenvalue weighted by Gasteiger charge is 2.10. The number of aryl methyl sites for hydroxylation is 2. The fraction of sp³-hybridized carbons (Fsp3) is 0.182. The molecule has 2 rings (SSSR count). The maximum absolute atomic E-state index is 11.8. The molecule has 1 amide bonds. The van der Waals surface area contributed by atoms with E-state index in [1.165, 1.54) is 11.0 Å². The Balaban J connectivity index is 2.17. The first-order valence-corrected chi connectivity index (χ1v) is 4.90. The van der Waals surface area contributed by atoms with Crippen molar-refractivity contribution in [2.24, 2.45) is 7.05 Å². The van der Waals surface area contributed by atoms with E-state index in [0.717, 1.165) is 11.3 Å². The average molecular weight is 216 g/mol. The molecule has 2 aromatic rings. The van der Waals surface area contributed by atoms with Gasteiger partial charge in [0.25, 0.3) is 5.91 Å². The van der Waals surface area contributed by atoms with E-state index in [4.69, 9.17) is 0 Å². The van der Waals surface area contributed by atoms with Gasteiger partial charge < -0.3 is 5.32 Å². The van der Waals surface area contributed by atoms with Crippen LogP contribution in [-0.2, 0) is 7.05 Å². The predicted molar refractivity (Wildman–Crippen MR) is 60.1 cm³/mol. The third kappa shape index (κ3) is 2.08. The highest BCUT2D eigenvalue weighted by molar-refractivity contribution is 6.02. The monoisotopic (exact) mass is 216 g/mol. The maximum Gasteiger partial charge on any atom is 0.277 e. The lowest BCUT2D eigenvalue weighted by Crippen LogP contribution is -2.13. The zero-order valence-electron chi connectivity index (χ0n) is 9.14. The molecule has 82 valence electrons. The number of hydrogen-bond donors (Lipinski definition) is 1. The number of benzene rings is 1. The summed E-state index contributed by atoms with van der Waals surface area (Å²) in [5, 5.41) is 10.6. The summed E-state index contributed by atoms with van der Waals surface area (Å²) in [5.41, 5.74) is 2.11. The van der Waals surface area contributed by atoms with Crippen LogP contribution in [0.1, 0.15) is 16.1 Å². The van der Waals surface area contributed by atoms with Gasteiger partial charge in [0, 0.05) is 12.7 Å². The summed E-state index contributed by atoms with van der Waals surface area (Å²) in [5.74, 6) is -0.248. The van der Waals surface area contributed by atoms with Crippen molar-refractivity contribution >= 4 is 11.6 Å². The standard InChI is InChI=1S/C11H12N4O/c1-8-5-3-4-6-9(8)13-11(16)10-7-12-15(2)14-10/h3-7H,1-2H3,(H,13,16). The van der Waals surface area contributed by atoms with Crippen molar-refractivity contribution in [1.29, 1.82) is 0 Å². The normalized spacial score (nSPS) is 10.1. The fourth-order valence-corrected chi connectivity index (χ4v) is 1.35. The third-order valence-electron chi connectivity index (χ3n) is 2.23. The van der Waals surface area contributed by atoms with Gasteiger partial charge in [-0.2, -0.15) is 9.90 Å². The Morgan fingerprint density at radius 2 is 2.12 bits per heavy atom. The minimum atomic E-state index is -0.248. The van der Waals surface area contributed by atoms with Gasteiger partial charge in [0.1, 0.15) is 0 Å². The Morgan fingerprint density at radius 3 is 2.75 bits per heavy atom. The molecule has 1 heterocycles. The third-order valence-corrected chi connectivity index (χ3v) is 2.23. The Labute approximate surface area is 93.1 Å². The van der Waals surface area contributed by atoms with E-state index in [1.54, 1.807) is 7.05 Å². The van der Waals surface area contributed by atoms with Crippen LogP contribution in [0.2, 0.25) is 0 Å². The number of rotatable bonds is 2. The first kappa shape index (κ1) is 10.4. The number of aromatic nitrogens is 3. The molecule has 0 spiro atoms. The van der Waals surface area contributed by atoms with Crippen LogP contribution < -0.4 is 5.32 Å². The zero-order valence-corrected chi connectivity index (χ0v) is 9.14. The number of amides is 1. The molecule has 1 aromatic heterocycles. The van der Waals surface area contributed by atoms with Crippen molar-refractivity contribution in [1.82, 2.24) is 15.0 Å². The van der Waals surface area contributed by atoms with Crippen LogP contribution in [-0.4, -0.2) is 20.9 Å². The number of nitrogens with zero attached hydrogens (tertiary/aromatic N) is 3. The number of nitrogens with one attached hydrogen (secondary N) is 1. The number of carbonyl (C=O) groups excluding carboxylic acids is 1. The van der Waals surface area contributed by atoms with Crippen molar-refractivity contribution in [2.75, 3.05) is 5.32 Å². The Hall–Kier alpha value is -2.17. The summed E-state index contributed by atoms with van der Waals surface area (Å²) in [6, 6.07) is 7.59. The molecule has 0 bridgehead atoms. The van der Waals surface area contributed by atoms with E-state index < -0.39 is 0 Å². The minimum Gasteiger partial charge on any atom is -0.320 e. The number of carbonyl (C=O) groups is 1. The molecule has 0 atom stereocenters. The van der Waals surface area contributed by atoms with Gasteiger partial charge >= 0.3 is 0 Å². The first-order chi connectivity index (χ1) is 7.66. The second-order valence-electron chi connectivity index (χ2n) is 3.49. The highest BCUT2D eigenvalue weighted by Crippen LogP contribution is 2.13. The lowest BCUT2D eigenvalue weighted by molar-refractivity contribution is 0.102. The van der Waals surface area contributed by atoms with Gasteiger partial charge in [-0.05, 0) is 18.6 Å². The van der Waals surface area contributed by atoms with Crippen LogP contribution in [0.15, 0.2) is 30.5 Å². The summed E-state index contributed by atoms with van der Waals surface area (Å²) < 4.78 is 0. The van der Waals surface area contributed by atoms with E-state index in [0.29, 0.717) is 5.69 Å². The smallest absolute Gasteiger partial charge is 0.277 e. The van der Waals surface area contributed by atoms with Crippen molar-refractivity contribution in [3.05, 3.63) is 41.7 Å². The molecule has 0 unspecified atom stereocenters. The van der Waals surface area contributed by atoms with Crippen LogP contribution in [0, 0.1) is 6.92 Å². The second-order valence-corrected chi connectivity index (χ2v) is 3.49. The van der Waals surface area contributed by atoms with Crippen LogP contribution in [0.25, 0.3) is 0 Å². The predicted octanol–water partition coefficient (Wildman–Crippen LogP) is 1.38. The van der Waals surface area contributed by atoms with Gasteiger partial charge in [0.2, 0.25) is 0 Å². The highest BCUT2D eigenvalue weighted by atomic mass is 16.2. The summed E-state index contributed by atoms with van der Waals surface area (Å²) >= 11 is 0. The second kappa shape index (κ2) is 4.14. The van der Waals surface area contributed by atoms with Crippen molar-refractivity contribution < 1.29 is 4.79 Å². The SMILES string of the molecule is Cc1ccccc1NC(=O)c1cnn(C)n1. The van der Waals surface area contributed by atoms with Crippen molar-refractivity contribution in [3.63, 3.8) is 0 Å². The van der Waals surface area contributed by atoms with Gasteiger partial charge in [0.15, 0.2) is 5.69 Å². The Morgan fingerprint density at radius 1 is 1.38 bits per heavy atom. The Kier molecular flexibility index (Phi) is 2.68. The largest absolute Gasteiger partial charge is 0.320 e. The van der Waals surface area contributed by atoms with Gasteiger partial charge in [-0.25, -0.2) is 0 Å². The Bertz CT molecular complexity index is 518. The van der Waals surface area contributed by atoms with Gasteiger partial charge in [-0.3, -0.25) is 4.79 Å². The van der Waals surface area contributed by atoms with Gasteiger partial charge in [0.05, 0.1) is 6.20 Å². The summed E-state index contributed by atoms with van der Waals surface area (Å²) in [4.78, 5) is 13.1. The molecule has 0 saturated heterocycles. The number of anilines is 1. The van der Waals surface area contributed by atoms with Gasteiger partial charge in [-0.15, -0.1) is 5.10 Å². The van der Waals surface area contributed by atoms with Crippen LogP contribution >= 0.6 is 0 Å². The summed E-state index contributed by atoms with van der Waals surface area (Å²) in [6.45, 7) is 1.94. The fourth-order valence-electron chi connectivity index (χ4n) is 1.35. The molecule has 0 fully saturated rings. The molecule has 5 nitrogen and oxygen atoms in total. The molecular weight excluding hydrogens is 204 g/mol. The lowest BCUT2D eigenvalue weighted by atomic mass is 10.2. The first-order valence-electron chi connectivity index (χ1n) is 4.90. The van der Waals surface area contributed by atoms with E-state index in [-0.39, 0.29) is 5.91 Å². The van der Waals surface area contributed by atoms with E-state index in [9.17, 15) is 4.79 Å². The van der Waals surface area contributed by atoms with Gasteiger partial charge in [-0.1, -0.05) is 18.2 Å².